The molecule has 1 aliphatic heterocycles. The maximum atomic E-state index is 10.2. The van der Waals surface area contributed by atoms with Gasteiger partial charge in [0, 0.05) is 36.8 Å². The van der Waals surface area contributed by atoms with Gasteiger partial charge in [-0.25, -0.2) is 0 Å². The molecule has 1 saturated heterocycles. The number of nitrogens with one attached hydrogen (secondary N) is 1. The van der Waals surface area contributed by atoms with Gasteiger partial charge in [0.2, 0.25) is 0 Å². The molecule has 1 fully saturated rings. The minimum atomic E-state index is -0.0931. The quantitative estimate of drug-likeness (QED) is 0.878. The lowest BCUT2D eigenvalue weighted by Gasteiger charge is -2.34. The molecule has 1 aromatic carbocycles. The number of halogens is 3. The molecule has 1 heterocycles. The van der Waals surface area contributed by atoms with Gasteiger partial charge < -0.3 is 10.4 Å². The summed E-state index contributed by atoms with van der Waals surface area (Å²) in [5, 5.41) is 23.2. The second-order valence-electron chi connectivity index (χ2n) is 4.82. The van der Waals surface area contributed by atoms with Crippen molar-refractivity contribution >= 4 is 36.4 Å². The van der Waals surface area contributed by atoms with E-state index >= 15 is 0 Å². The number of nitrogens with zero attached hydrogens (tertiary/aromatic N) is 2. The molecule has 0 bridgehead atoms. The van der Waals surface area contributed by atoms with Gasteiger partial charge in [0.25, 0.3) is 0 Å². The molecule has 0 unspecified atom stereocenters. The Bertz CT molecular complexity index is 499. The number of aromatic hydroxyl groups is 1. The molecule has 4 nitrogen and oxygen atoms in total. The van der Waals surface area contributed by atoms with Crippen LogP contribution < -0.4 is 5.32 Å². The fourth-order valence-electron chi connectivity index (χ4n) is 2.53. The van der Waals surface area contributed by atoms with E-state index < -0.39 is 0 Å². The van der Waals surface area contributed by atoms with E-state index in [-0.39, 0.29) is 36.6 Å². The first-order chi connectivity index (χ1) is 9.13. The van der Waals surface area contributed by atoms with E-state index in [9.17, 15) is 5.11 Å². The topological polar surface area (TPSA) is 59.3 Å². The number of nitriles is 1. The molecule has 7 heteroatoms. The number of phenolic OH excluding ortho intramolecular Hbond substituents is 1. The van der Waals surface area contributed by atoms with Crippen LogP contribution in [0.1, 0.15) is 23.6 Å². The van der Waals surface area contributed by atoms with Crippen LogP contribution in [0.15, 0.2) is 12.1 Å². The van der Waals surface area contributed by atoms with Crippen LogP contribution >= 0.6 is 36.4 Å². The molecule has 1 aromatic rings. The second kappa shape index (κ2) is 9.34. The summed E-state index contributed by atoms with van der Waals surface area (Å²) in [6.07, 6.45) is 0.355. The standard InChI is InChI=1S/C14H18ClN3O.2ClH/c1-10-8-11(15)9-12(14(10)19)13(2-3-16)18-6-4-17-5-7-18;;/h8-9,13,17,19H,2,4-7H2,1H3;2*1H/t13-;;/m1../s1. The maximum Gasteiger partial charge on any atom is 0.123 e. The minimum absolute atomic E-state index is 0. The summed E-state index contributed by atoms with van der Waals surface area (Å²) in [7, 11) is 0. The number of benzene rings is 1. The molecule has 0 spiro atoms. The van der Waals surface area contributed by atoms with Gasteiger partial charge in [-0.15, -0.1) is 24.8 Å². The fraction of sp³-hybridized carbons (Fsp3) is 0.500. The first-order valence-corrected chi connectivity index (χ1v) is 6.82. The Labute approximate surface area is 142 Å². The zero-order valence-corrected chi connectivity index (χ0v) is 14.2. The maximum absolute atomic E-state index is 10.2. The summed E-state index contributed by atoms with van der Waals surface area (Å²) >= 11 is 6.08. The Kier molecular flexibility index (Phi) is 9.03. The lowest BCUT2D eigenvalue weighted by molar-refractivity contribution is 0.173. The lowest BCUT2D eigenvalue weighted by Crippen LogP contribution is -2.45. The third kappa shape index (κ3) is 4.91. The van der Waals surface area contributed by atoms with Crippen molar-refractivity contribution < 1.29 is 5.11 Å². The third-order valence-corrected chi connectivity index (χ3v) is 3.75. The zero-order chi connectivity index (χ0) is 13.8. The Morgan fingerprint density at radius 1 is 1.38 bits per heavy atom. The van der Waals surface area contributed by atoms with Gasteiger partial charge in [-0.05, 0) is 24.6 Å². The van der Waals surface area contributed by atoms with Crippen LogP contribution in [0.3, 0.4) is 0 Å². The highest BCUT2D eigenvalue weighted by Gasteiger charge is 2.25. The van der Waals surface area contributed by atoms with Crippen LogP contribution in [-0.2, 0) is 0 Å². The van der Waals surface area contributed by atoms with Crippen molar-refractivity contribution in [2.24, 2.45) is 0 Å². The van der Waals surface area contributed by atoms with Crippen LogP contribution in [0.25, 0.3) is 0 Å². The molecule has 0 saturated carbocycles. The van der Waals surface area contributed by atoms with Crippen molar-refractivity contribution in [2.45, 2.75) is 19.4 Å². The van der Waals surface area contributed by atoms with Gasteiger partial charge in [0.15, 0.2) is 0 Å². The molecule has 0 aliphatic carbocycles. The summed E-state index contributed by atoms with van der Waals surface area (Å²) in [5.41, 5.74) is 1.51. The number of hydrogen-bond acceptors (Lipinski definition) is 4. The molecule has 2 N–H and O–H groups in total. The number of hydrogen-bond donors (Lipinski definition) is 2. The summed E-state index contributed by atoms with van der Waals surface area (Å²) in [5.74, 6) is 0.253. The normalized spacial score (nSPS) is 16.2. The first kappa shape index (κ1) is 20.3. The minimum Gasteiger partial charge on any atom is -0.507 e. The van der Waals surface area contributed by atoms with E-state index in [4.69, 9.17) is 16.9 Å². The Balaban J connectivity index is 0.00000200. The van der Waals surface area contributed by atoms with E-state index in [1.54, 1.807) is 12.1 Å². The van der Waals surface area contributed by atoms with Gasteiger partial charge in [-0.3, -0.25) is 4.90 Å². The van der Waals surface area contributed by atoms with Crippen LogP contribution in [0, 0.1) is 18.3 Å². The molecule has 1 atom stereocenters. The molecule has 0 aromatic heterocycles. The predicted octanol–water partition coefficient (Wildman–Crippen LogP) is 3.06. The molecule has 118 valence electrons. The Hall–Kier alpha value is -0.700. The summed E-state index contributed by atoms with van der Waals surface area (Å²) in [4.78, 5) is 2.23. The highest BCUT2D eigenvalue weighted by molar-refractivity contribution is 6.30. The van der Waals surface area contributed by atoms with Crippen LogP contribution in [0.5, 0.6) is 5.75 Å². The molecular formula is C14H20Cl3N3O. The van der Waals surface area contributed by atoms with E-state index in [2.05, 4.69) is 16.3 Å². The second-order valence-corrected chi connectivity index (χ2v) is 5.26. The Morgan fingerprint density at radius 2 is 2.00 bits per heavy atom. The van der Waals surface area contributed by atoms with Gasteiger partial charge in [-0.2, -0.15) is 5.26 Å². The SMILES string of the molecule is Cc1cc(Cl)cc([C@@H](CC#N)N2CCNCC2)c1O.Cl.Cl. The first-order valence-electron chi connectivity index (χ1n) is 6.44. The Morgan fingerprint density at radius 3 is 2.57 bits per heavy atom. The van der Waals surface area contributed by atoms with Crippen molar-refractivity contribution in [1.82, 2.24) is 10.2 Å². The number of phenols is 1. The highest BCUT2D eigenvalue weighted by Crippen LogP contribution is 2.35. The van der Waals surface area contributed by atoms with E-state index in [0.717, 1.165) is 37.3 Å². The van der Waals surface area contributed by atoms with Crippen molar-refractivity contribution in [3.8, 4) is 11.8 Å². The van der Waals surface area contributed by atoms with Crippen molar-refractivity contribution in [2.75, 3.05) is 26.2 Å². The van der Waals surface area contributed by atoms with Crippen LogP contribution in [0.2, 0.25) is 5.02 Å². The average molecular weight is 353 g/mol. The lowest BCUT2D eigenvalue weighted by atomic mass is 9.98. The van der Waals surface area contributed by atoms with Gasteiger partial charge in [0.1, 0.15) is 5.75 Å². The molecule has 21 heavy (non-hydrogen) atoms. The van der Waals surface area contributed by atoms with Gasteiger partial charge in [-0.1, -0.05) is 11.6 Å². The number of piperazine rings is 1. The smallest absolute Gasteiger partial charge is 0.123 e. The number of aryl methyl sites for hydroxylation is 1. The van der Waals surface area contributed by atoms with E-state index in [0.29, 0.717) is 11.4 Å². The highest BCUT2D eigenvalue weighted by atomic mass is 35.5. The summed E-state index contributed by atoms with van der Waals surface area (Å²) in [6.45, 7) is 5.38. The number of rotatable bonds is 3. The van der Waals surface area contributed by atoms with Gasteiger partial charge in [0.05, 0.1) is 18.5 Å². The molecule has 1 aliphatic rings. The largest absolute Gasteiger partial charge is 0.507 e. The summed E-state index contributed by atoms with van der Waals surface area (Å²) < 4.78 is 0. The van der Waals surface area contributed by atoms with E-state index in [1.165, 1.54) is 0 Å². The molecule has 2 rings (SSSR count). The summed E-state index contributed by atoms with van der Waals surface area (Å²) in [6, 6.07) is 5.63. The van der Waals surface area contributed by atoms with Crippen molar-refractivity contribution in [3.63, 3.8) is 0 Å². The third-order valence-electron chi connectivity index (χ3n) is 3.53. The molecular weight excluding hydrogens is 333 g/mol. The fourth-order valence-corrected chi connectivity index (χ4v) is 2.81. The van der Waals surface area contributed by atoms with E-state index in [1.807, 2.05) is 6.92 Å². The predicted molar refractivity (Wildman–Crippen MR) is 89.8 cm³/mol. The average Bonchev–Trinajstić information content (AvgIpc) is 2.41. The van der Waals surface area contributed by atoms with Gasteiger partial charge >= 0.3 is 0 Å². The van der Waals surface area contributed by atoms with Crippen LogP contribution in [0.4, 0.5) is 0 Å². The zero-order valence-electron chi connectivity index (χ0n) is 11.8. The van der Waals surface area contributed by atoms with Crippen molar-refractivity contribution in [1.29, 1.82) is 5.26 Å². The molecule has 0 radical (unpaired) electrons. The van der Waals surface area contributed by atoms with Crippen molar-refractivity contribution in [3.05, 3.63) is 28.3 Å². The van der Waals surface area contributed by atoms with Crippen LogP contribution in [-0.4, -0.2) is 36.2 Å². The monoisotopic (exact) mass is 351 g/mol. The molecule has 0 amide bonds.